The van der Waals surface area contributed by atoms with E-state index in [1.807, 2.05) is 22.8 Å². The number of rotatable bonds is 3. The summed E-state index contributed by atoms with van der Waals surface area (Å²) in [4.78, 5) is 17.2. The number of allylic oxidation sites excluding steroid dienone is 1. The maximum absolute atomic E-state index is 12.4. The Morgan fingerprint density at radius 3 is 2.78 bits per heavy atom. The molecule has 0 saturated heterocycles. The molecule has 0 radical (unpaired) electrons. The molecular weight excluding hydrogens is 439 g/mol. The van der Waals surface area contributed by atoms with Crippen molar-refractivity contribution >= 4 is 77.9 Å². The van der Waals surface area contributed by atoms with Crippen molar-refractivity contribution in [2.45, 2.75) is 6.54 Å². The van der Waals surface area contributed by atoms with Crippen LogP contribution in [0.25, 0.3) is 10.2 Å². The third kappa shape index (κ3) is 3.46. The summed E-state index contributed by atoms with van der Waals surface area (Å²) in [6, 6.07) is 7.48. The summed E-state index contributed by atoms with van der Waals surface area (Å²) >= 11 is 18.0. The van der Waals surface area contributed by atoms with Crippen LogP contribution >= 0.6 is 61.8 Å². The highest BCUT2D eigenvalue weighted by Crippen LogP contribution is 2.31. The Hall–Kier alpha value is -0.920. The Balaban J connectivity index is 2.17. The van der Waals surface area contributed by atoms with Crippen LogP contribution in [-0.2, 0) is 6.54 Å². The van der Waals surface area contributed by atoms with E-state index < -0.39 is 5.91 Å². The SMILES string of the molecule is C=CCn1c(=NC(=O)c2cc(Cl)sc2Cl)sc2cc(Br)ccc21. The third-order valence-electron chi connectivity index (χ3n) is 3.04. The highest BCUT2D eigenvalue weighted by Gasteiger charge is 2.14. The lowest BCUT2D eigenvalue weighted by atomic mass is 10.3. The molecule has 8 heteroatoms. The summed E-state index contributed by atoms with van der Waals surface area (Å²) < 4.78 is 4.76. The zero-order valence-electron chi connectivity index (χ0n) is 11.6. The van der Waals surface area contributed by atoms with Gasteiger partial charge in [0.2, 0.25) is 0 Å². The lowest BCUT2D eigenvalue weighted by molar-refractivity contribution is 0.0998. The van der Waals surface area contributed by atoms with Crippen molar-refractivity contribution in [1.29, 1.82) is 0 Å². The topological polar surface area (TPSA) is 34.4 Å². The van der Waals surface area contributed by atoms with E-state index in [0.29, 0.717) is 25.6 Å². The van der Waals surface area contributed by atoms with Crippen LogP contribution in [0, 0.1) is 0 Å². The first-order valence-corrected chi connectivity index (χ1v) is 9.61. The van der Waals surface area contributed by atoms with Crippen molar-refractivity contribution < 1.29 is 4.79 Å². The maximum Gasteiger partial charge on any atom is 0.282 e. The minimum absolute atomic E-state index is 0.324. The Morgan fingerprint density at radius 2 is 2.13 bits per heavy atom. The molecule has 1 amide bonds. The van der Waals surface area contributed by atoms with Crippen molar-refractivity contribution in [3.8, 4) is 0 Å². The summed E-state index contributed by atoms with van der Waals surface area (Å²) in [6.07, 6.45) is 1.77. The molecule has 1 aromatic carbocycles. The molecule has 0 saturated carbocycles. The van der Waals surface area contributed by atoms with E-state index >= 15 is 0 Å². The minimum Gasteiger partial charge on any atom is -0.312 e. The lowest BCUT2D eigenvalue weighted by Crippen LogP contribution is -2.16. The quantitative estimate of drug-likeness (QED) is 0.470. The summed E-state index contributed by atoms with van der Waals surface area (Å²) in [5.74, 6) is -0.401. The molecule has 0 spiro atoms. The van der Waals surface area contributed by atoms with Crippen molar-refractivity contribution in [1.82, 2.24) is 4.57 Å². The van der Waals surface area contributed by atoms with Gasteiger partial charge in [0.15, 0.2) is 4.80 Å². The van der Waals surface area contributed by atoms with Crippen molar-refractivity contribution in [3.63, 3.8) is 0 Å². The first-order valence-electron chi connectivity index (χ1n) is 6.43. The van der Waals surface area contributed by atoms with Crippen LogP contribution in [0.5, 0.6) is 0 Å². The van der Waals surface area contributed by atoms with Crippen LogP contribution in [-0.4, -0.2) is 10.5 Å². The standard InChI is InChI=1S/C15H9BrCl2N2OS2/c1-2-5-20-10-4-3-8(16)6-11(10)22-15(20)19-14(21)9-7-12(17)23-13(9)18/h2-4,6-7H,1,5H2. The van der Waals surface area contributed by atoms with E-state index in [0.717, 1.165) is 26.0 Å². The number of hydrogen-bond acceptors (Lipinski definition) is 3. The van der Waals surface area contributed by atoms with Crippen molar-refractivity contribution in [2.24, 2.45) is 4.99 Å². The second kappa shape index (κ2) is 6.91. The van der Waals surface area contributed by atoms with E-state index in [-0.39, 0.29) is 0 Å². The molecule has 0 aliphatic heterocycles. The second-order valence-electron chi connectivity index (χ2n) is 4.55. The zero-order valence-corrected chi connectivity index (χ0v) is 16.3. The van der Waals surface area contributed by atoms with Gasteiger partial charge in [-0.05, 0) is 24.3 Å². The van der Waals surface area contributed by atoms with E-state index in [4.69, 9.17) is 23.2 Å². The summed E-state index contributed by atoms with van der Waals surface area (Å²) in [6.45, 7) is 4.33. The largest absolute Gasteiger partial charge is 0.312 e. The number of carbonyl (C=O) groups excluding carboxylic acids is 1. The van der Waals surface area contributed by atoms with E-state index in [2.05, 4.69) is 27.5 Å². The van der Waals surface area contributed by atoms with Gasteiger partial charge in [0.25, 0.3) is 5.91 Å². The van der Waals surface area contributed by atoms with E-state index in [9.17, 15) is 4.79 Å². The molecule has 0 aliphatic rings. The van der Waals surface area contributed by atoms with Crippen LogP contribution in [0.1, 0.15) is 10.4 Å². The van der Waals surface area contributed by atoms with E-state index in [1.54, 1.807) is 12.1 Å². The molecule has 118 valence electrons. The Bertz CT molecular complexity index is 987. The average molecular weight is 448 g/mol. The second-order valence-corrected chi connectivity index (χ2v) is 8.76. The number of fused-ring (bicyclic) bond motifs is 1. The van der Waals surface area contributed by atoms with Crippen LogP contribution in [0.4, 0.5) is 0 Å². The van der Waals surface area contributed by atoms with Gasteiger partial charge in [-0.1, -0.05) is 56.5 Å². The summed E-state index contributed by atoms with van der Waals surface area (Å²) in [5, 5.41) is 0. The fourth-order valence-electron chi connectivity index (χ4n) is 2.07. The normalized spacial score (nSPS) is 12.0. The predicted octanol–water partition coefficient (Wildman–Crippen LogP) is 5.76. The molecule has 23 heavy (non-hydrogen) atoms. The molecule has 3 rings (SSSR count). The Morgan fingerprint density at radius 1 is 1.35 bits per heavy atom. The van der Waals surface area contributed by atoms with Crippen molar-refractivity contribution in [3.05, 3.63) is 60.4 Å². The highest BCUT2D eigenvalue weighted by atomic mass is 79.9. The monoisotopic (exact) mass is 446 g/mol. The molecule has 0 fully saturated rings. The molecule has 2 heterocycles. The number of nitrogens with zero attached hydrogens (tertiary/aromatic N) is 2. The van der Waals surface area contributed by atoms with Gasteiger partial charge in [0, 0.05) is 11.0 Å². The fourth-order valence-corrected chi connectivity index (χ4v) is 5.11. The number of aromatic nitrogens is 1. The molecule has 0 bridgehead atoms. The molecule has 0 unspecified atom stereocenters. The summed E-state index contributed by atoms with van der Waals surface area (Å²) in [5.41, 5.74) is 1.32. The smallest absolute Gasteiger partial charge is 0.282 e. The number of carbonyl (C=O) groups is 1. The van der Waals surface area contributed by atoms with Gasteiger partial charge in [0.05, 0.1) is 20.1 Å². The number of hydrogen-bond donors (Lipinski definition) is 0. The maximum atomic E-state index is 12.4. The number of benzene rings is 1. The van der Waals surface area contributed by atoms with E-state index in [1.165, 1.54) is 11.3 Å². The van der Waals surface area contributed by atoms with Crippen LogP contribution in [0.2, 0.25) is 8.67 Å². The first kappa shape index (κ1) is 16.9. The number of thiazole rings is 1. The number of halogens is 3. The van der Waals surface area contributed by atoms with Gasteiger partial charge < -0.3 is 4.57 Å². The fraction of sp³-hybridized carbons (Fsp3) is 0.0667. The predicted molar refractivity (Wildman–Crippen MR) is 102 cm³/mol. The molecule has 0 aliphatic carbocycles. The molecule has 0 N–H and O–H groups in total. The zero-order chi connectivity index (χ0) is 16.6. The van der Waals surface area contributed by atoms with Crippen LogP contribution in [0.15, 0.2) is 46.4 Å². The van der Waals surface area contributed by atoms with Crippen molar-refractivity contribution in [2.75, 3.05) is 0 Å². The van der Waals surface area contributed by atoms with Gasteiger partial charge in [-0.2, -0.15) is 4.99 Å². The molecule has 3 nitrogen and oxygen atoms in total. The van der Waals surface area contributed by atoms with Gasteiger partial charge >= 0.3 is 0 Å². The van der Waals surface area contributed by atoms with Gasteiger partial charge in [-0.3, -0.25) is 4.79 Å². The molecule has 3 aromatic rings. The first-order chi connectivity index (χ1) is 11.0. The number of amides is 1. The average Bonchev–Trinajstić information content (AvgIpc) is 2.99. The summed E-state index contributed by atoms with van der Waals surface area (Å²) in [7, 11) is 0. The Labute approximate surface area is 158 Å². The van der Waals surface area contributed by atoms with Crippen LogP contribution < -0.4 is 4.80 Å². The van der Waals surface area contributed by atoms with Crippen LogP contribution in [0.3, 0.4) is 0 Å². The molecular formula is C15H9BrCl2N2OS2. The molecule has 0 atom stereocenters. The number of thiophene rings is 1. The van der Waals surface area contributed by atoms with Gasteiger partial charge in [-0.15, -0.1) is 17.9 Å². The van der Waals surface area contributed by atoms with Gasteiger partial charge in [-0.25, -0.2) is 0 Å². The third-order valence-corrected chi connectivity index (χ3v) is 6.06. The lowest BCUT2D eigenvalue weighted by Gasteiger charge is -2.00. The highest BCUT2D eigenvalue weighted by molar-refractivity contribution is 9.10. The Kier molecular flexibility index (Phi) is 5.08. The van der Waals surface area contributed by atoms with Gasteiger partial charge in [0.1, 0.15) is 4.34 Å². The minimum atomic E-state index is -0.401. The molecule has 2 aromatic heterocycles.